The van der Waals surface area contributed by atoms with E-state index in [1.165, 1.54) is 16.7 Å². The minimum Gasteiger partial charge on any atom is -0.494 e. The Morgan fingerprint density at radius 2 is 1.88 bits per heavy atom. The molecule has 0 atom stereocenters. The summed E-state index contributed by atoms with van der Waals surface area (Å²) in [6.45, 7) is 2.09. The van der Waals surface area contributed by atoms with Gasteiger partial charge in [-0.1, -0.05) is 35.9 Å². The van der Waals surface area contributed by atoms with Crippen LogP contribution in [0.4, 0.5) is 5.82 Å². The maximum atomic E-state index is 10.2. The average molecular weight is 330 g/mol. The highest BCUT2D eigenvalue weighted by Gasteiger charge is 2.10. The molecule has 0 spiro atoms. The Morgan fingerprint density at radius 3 is 2.64 bits per heavy atom. The first kappa shape index (κ1) is 15.2. The summed E-state index contributed by atoms with van der Waals surface area (Å²) in [6, 6.07) is 16.5. The van der Waals surface area contributed by atoms with Crippen LogP contribution in [0, 0.1) is 6.92 Å². The summed E-state index contributed by atoms with van der Waals surface area (Å²) in [5.41, 5.74) is 5.27. The third-order valence-electron chi connectivity index (χ3n) is 4.23. The molecular weight excluding hydrogens is 312 g/mol. The molecule has 0 radical (unpaired) electrons. The van der Waals surface area contributed by atoms with Gasteiger partial charge in [0.05, 0.1) is 11.8 Å². The summed E-state index contributed by atoms with van der Waals surface area (Å²) >= 11 is 0. The van der Waals surface area contributed by atoms with Crippen LogP contribution < -0.4 is 0 Å². The van der Waals surface area contributed by atoms with Crippen molar-refractivity contribution in [1.82, 2.24) is 15.2 Å². The number of aromatic hydroxyl groups is 1. The average Bonchev–Trinajstić information content (AvgIpc) is 3.22. The molecule has 5 heteroatoms. The second-order valence-corrected chi connectivity index (χ2v) is 6.13. The van der Waals surface area contributed by atoms with Crippen LogP contribution in [0.1, 0.15) is 22.3 Å². The molecule has 0 aliphatic heterocycles. The number of nitrogens with one attached hydrogen (secondary N) is 2. The number of aromatic amines is 2. The van der Waals surface area contributed by atoms with E-state index in [0.29, 0.717) is 11.4 Å². The van der Waals surface area contributed by atoms with Crippen LogP contribution in [0.25, 0.3) is 10.9 Å². The monoisotopic (exact) mass is 330 g/mol. The highest BCUT2D eigenvalue weighted by Crippen LogP contribution is 2.28. The van der Waals surface area contributed by atoms with Gasteiger partial charge >= 0.3 is 0 Å². The smallest absolute Gasteiger partial charge is 0.198 e. The van der Waals surface area contributed by atoms with Gasteiger partial charge in [-0.05, 0) is 36.6 Å². The van der Waals surface area contributed by atoms with Gasteiger partial charge in [0, 0.05) is 23.2 Å². The Morgan fingerprint density at radius 1 is 1.08 bits per heavy atom. The van der Waals surface area contributed by atoms with Crippen molar-refractivity contribution in [2.24, 2.45) is 4.99 Å². The van der Waals surface area contributed by atoms with Crippen molar-refractivity contribution in [1.29, 1.82) is 0 Å². The molecule has 3 N–H and O–H groups in total. The summed E-state index contributed by atoms with van der Waals surface area (Å²) in [5.74, 6) is 0.760. The SMILES string of the molecule is Cc1ccc(Cc2ccc3[nH]c(O)c(C=Nc4ccn[nH]4)c3c2)cc1. The molecule has 0 bridgehead atoms. The number of aryl methyl sites for hydroxylation is 1. The van der Waals surface area contributed by atoms with Crippen molar-refractivity contribution in [2.75, 3.05) is 0 Å². The number of fused-ring (bicyclic) bond motifs is 1. The summed E-state index contributed by atoms with van der Waals surface area (Å²) in [4.78, 5) is 7.31. The first-order valence-electron chi connectivity index (χ1n) is 8.11. The predicted octanol–water partition coefficient (Wildman–Crippen LogP) is 4.25. The third-order valence-corrected chi connectivity index (χ3v) is 4.23. The zero-order chi connectivity index (χ0) is 17.2. The number of benzene rings is 2. The van der Waals surface area contributed by atoms with E-state index in [2.05, 4.69) is 63.5 Å². The molecule has 4 rings (SSSR count). The van der Waals surface area contributed by atoms with E-state index in [4.69, 9.17) is 0 Å². The third kappa shape index (κ3) is 3.17. The van der Waals surface area contributed by atoms with E-state index >= 15 is 0 Å². The number of hydrogen-bond acceptors (Lipinski definition) is 3. The number of nitrogens with zero attached hydrogens (tertiary/aromatic N) is 2. The highest BCUT2D eigenvalue weighted by molar-refractivity contribution is 6.02. The number of H-pyrrole nitrogens is 2. The number of rotatable bonds is 4. The number of hydrogen-bond donors (Lipinski definition) is 3. The van der Waals surface area contributed by atoms with Gasteiger partial charge in [-0.3, -0.25) is 5.10 Å². The summed E-state index contributed by atoms with van der Waals surface area (Å²) < 4.78 is 0. The zero-order valence-corrected chi connectivity index (χ0v) is 13.8. The minimum atomic E-state index is 0.116. The van der Waals surface area contributed by atoms with Gasteiger partial charge in [-0.2, -0.15) is 5.10 Å². The normalized spacial score (nSPS) is 11.6. The molecular formula is C20H18N4O. The van der Waals surface area contributed by atoms with Crippen LogP contribution in [0.3, 0.4) is 0 Å². The molecule has 0 saturated carbocycles. The Bertz CT molecular complexity index is 1030. The fourth-order valence-corrected chi connectivity index (χ4v) is 2.88. The van der Waals surface area contributed by atoms with Crippen LogP contribution in [-0.2, 0) is 6.42 Å². The lowest BCUT2D eigenvalue weighted by molar-refractivity contribution is 0.457. The van der Waals surface area contributed by atoms with Crippen molar-refractivity contribution >= 4 is 22.9 Å². The lowest BCUT2D eigenvalue weighted by Gasteiger charge is -2.03. The molecule has 5 nitrogen and oxygen atoms in total. The first-order valence-corrected chi connectivity index (χ1v) is 8.11. The Labute approximate surface area is 145 Å². The Kier molecular flexibility index (Phi) is 3.82. The van der Waals surface area contributed by atoms with Crippen LogP contribution in [0.5, 0.6) is 5.88 Å². The van der Waals surface area contributed by atoms with Crippen LogP contribution in [-0.4, -0.2) is 26.5 Å². The molecule has 25 heavy (non-hydrogen) atoms. The van der Waals surface area contributed by atoms with Crippen molar-refractivity contribution in [3.8, 4) is 5.88 Å². The van der Waals surface area contributed by atoms with Crippen molar-refractivity contribution in [3.63, 3.8) is 0 Å². The molecule has 0 fully saturated rings. The van der Waals surface area contributed by atoms with Gasteiger partial charge in [0.25, 0.3) is 0 Å². The van der Waals surface area contributed by atoms with Crippen molar-refractivity contribution < 1.29 is 5.11 Å². The van der Waals surface area contributed by atoms with Crippen molar-refractivity contribution in [3.05, 3.63) is 77.0 Å². The molecule has 0 aliphatic rings. The van der Waals surface area contributed by atoms with Gasteiger partial charge in [0.15, 0.2) is 5.88 Å². The minimum absolute atomic E-state index is 0.116. The maximum absolute atomic E-state index is 10.2. The van der Waals surface area contributed by atoms with Crippen LogP contribution in [0.15, 0.2) is 59.7 Å². The van der Waals surface area contributed by atoms with Gasteiger partial charge in [-0.25, -0.2) is 4.99 Å². The predicted molar refractivity (Wildman–Crippen MR) is 99.8 cm³/mol. The van der Waals surface area contributed by atoms with E-state index in [-0.39, 0.29) is 5.88 Å². The summed E-state index contributed by atoms with van der Waals surface area (Å²) in [5, 5.41) is 17.8. The van der Waals surface area contributed by atoms with E-state index in [9.17, 15) is 5.11 Å². The fraction of sp³-hybridized carbons (Fsp3) is 0.100. The van der Waals surface area contributed by atoms with Crippen LogP contribution in [0.2, 0.25) is 0 Å². The molecule has 0 unspecified atom stereocenters. The molecule has 4 aromatic rings. The quantitative estimate of drug-likeness (QED) is 0.489. The second kappa shape index (κ2) is 6.28. The van der Waals surface area contributed by atoms with Crippen molar-refractivity contribution in [2.45, 2.75) is 13.3 Å². The topological polar surface area (TPSA) is 77.1 Å². The molecule has 0 amide bonds. The molecule has 2 aromatic heterocycles. The maximum Gasteiger partial charge on any atom is 0.198 e. The Balaban J connectivity index is 1.69. The lowest BCUT2D eigenvalue weighted by Crippen LogP contribution is -1.89. The summed E-state index contributed by atoms with van der Waals surface area (Å²) in [6.07, 6.45) is 4.14. The zero-order valence-electron chi connectivity index (χ0n) is 13.8. The first-order chi connectivity index (χ1) is 12.2. The van der Waals surface area contributed by atoms with E-state index in [0.717, 1.165) is 17.3 Å². The van der Waals surface area contributed by atoms with Gasteiger partial charge in [0.2, 0.25) is 0 Å². The molecule has 124 valence electrons. The van der Waals surface area contributed by atoms with Gasteiger partial charge < -0.3 is 10.1 Å². The van der Waals surface area contributed by atoms with E-state index in [1.54, 1.807) is 18.5 Å². The number of aliphatic imine (C=N–C) groups is 1. The molecule has 0 aliphatic carbocycles. The van der Waals surface area contributed by atoms with Gasteiger partial charge in [-0.15, -0.1) is 0 Å². The lowest BCUT2D eigenvalue weighted by atomic mass is 10.0. The molecule has 2 aromatic carbocycles. The number of aromatic nitrogens is 3. The van der Waals surface area contributed by atoms with E-state index < -0.39 is 0 Å². The molecule has 0 saturated heterocycles. The van der Waals surface area contributed by atoms with Gasteiger partial charge in [0.1, 0.15) is 5.82 Å². The summed E-state index contributed by atoms with van der Waals surface area (Å²) in [7, 11) is 0. The van der Waals surface area contributed by atoms with Crippen LogP contribution >= 0.6 is 0 Å². The highest BCUT2D eigenvalue weighted by atomic mass is 16.3. The standard InChI is InChI=1S/C20H18N4O/c1-13-2-4-14(5-3-13)10-15-6-7-18-16(11-15)17(20(25)23-18)12-21-19-8-9-22-24-19/h2-9,11-12,23,25H,10H2,1H3,(H,22,24). The second-order valence-electron chi connectivity index (χ2n) is 6.13. The molecule has 2 heterocycles. The van der Waals surface area contributed by atoms with E-state index in [1.807, 2.05) is 6.07 Å². The largest absolute Gasteiger partial charge is 0.494 e. The fourth-order valence-electron chi connectivity index (χ4n) is 2.88. The Hall–Kier alpha value is -3.34.